The molecule has 2 atom stereocenters. The first-order valence-electron chi connectivity index (χ1n) is 9.53. The van der Waals surface area contributed by atoms with E-state index in [1.165, 1.54) is 29.2 Å². The lowest BCUT2D eigenvalue weighted by molar-refractivity contribution is -0.131. The molecule has 27 heavy (non-hydrogen) atoms. The fraction of sp³-hybridized carbons (Fsp3) is 0.458. The second kappa shape index (κ2) is 6.40. The van der Waals surface area contributed by atoms with Crippen LogP contribution in [0.3, 0.4) is 0 Å². The Morgan fingerprint density at radius 1 is 1.04 bits per heavy atom. The molecule has 0 radical (unpaired) electrons. The van der Waals surface area contributed by atoms with E-state index in [4.69, 9.17) is 9.47 Å². The number of methoxy groups -OCH3 is 1. The molecule has 3 nitrogen and oxygen atoms in total. The van der Waals surface area contributed by atoms with Crippen molar-refractivity contribution >= 4 is 5.97 Å². The predicted molar refractivity (Wildman–Crippen MR) is 109 cm³/mol. The number of esters is 1. The summed E-state index contributed by atoms with van der Waals surface area (Å²) in [7, 11) is 1.73. The summed E-state index contributed by atoms with van der Waals surface area (Å²) in [6.45, 7) is 14.9. The number of hydrogen-bond donors (Lipinski definition) is 0. The van der Waals surface area contributed by atoms with Gasteiger partial charge < -0.3 is 9.47 Å². The number of aryl methyl sites for hydroxylation is 1. The lowest BCUT2D eigenvalue weighted by Gasteiger charge is -2.37. The highest BCUT2D eigenvalue weighted by molar-refractivity contribution is 5.70. The van der Waals surface area contributed by atoms with Gasteiger partial charge in [-0.3, -0.25) is 4.79 Å². The van der Waals surface area contributed by atoms with Gasteiger partial charge in [0.05, 0.1) is 7.11 Å². The molecular formula is C24H30O3. The molecule has 0 aromatic heterocycles. The third-order valence-electron chi connectivity index (χ3n) is 6.83. The molecule has 0 amide bonds. The highest BCUT2D eigenvalue weighted by atomic mass is 16.5. The summed E-state index contributed by atoms with van der Waals surface area (Å²) in [5, 5.41) is 0. The summed E-state index contributed by atoms with van der Waals surface area (Å²) < 4.78 is 11.0. The number of rotatable bonds is 3. The van der Waals surface area contributed by atoms with Gasteiger partial charge in [0.25, 0.3) is 0 Å². The van der Waals surface area contributed by atoms with Gasteiger partial charge in [0.1, 0.15) is 11.5 Å². The van der Waals surface area contributed by atoms with Gasteiger partial charge in [-0.1, -0.05) is 45.9 Å². The Morgan fingerprint density at radius 2 is 1.67 bits per heavy atom. The van der Waals surface area contributed by atoms with Crippen molar-refractivity contribution in [1.29, 1.82) is 0 Å². The van der Waals surface area contributed by atoms with E-state index < -0.39 is 0 Å². The second-order valence-corrected chi connectivity index (χ2v) is 8.54. The fourth-order valence-corrected chi connectivity index (χ4v) is 4.93. The molecule has 0 spiro atoms. The van der Waals surface area contributed by atoms with Gasteiger partial charge in [-0.15, -0.1) is 0 Å². The Hall–Kier alpha value is -2.29. The average molecular weight is 367 g/mol. The number of ether oxygens (including phenoxy) is 2. The fourth-order valence-electron chi connectivity index (χ4n) is 4.93. The summed E-state index contributed by atoms with van der Waals surface area (Å²) in [6.07, 6.45) is 0. The number of carbonyl (C=O) groups is 1. The van der Waals surface area contributed by atoms with Crippen LogP contribution in [0.5, 0.6) is 11.5 Å². The van der Waals surface area contributed by atoms with Gasteiger partial charge in [0.2, 0.25) is 0 Å². The van der Waals surface area contributed by atoms with E-state index in [0.29, 0.717) is 11.7 Å². The third-order valence-corrected chi connectivity index (χ3v) is 6.83. The summed E-state index contributed by atoms with van der Waals surface area (Å²) in [4.78, 5) is 11.3. The van der Waals surface area contributed by atoms with Gasteiger partial charge in [0, 0.05) is 12.3 Å². The van der Waals surface area contributed by atoms with Gasteiger partial charge in [-0.05, 0) is 65.1 Å². The van der Waals surface area contributed by atoms with Crippen molar-refractivity contribution in [1.82, 2.24) is 0 Å². The molecule has 1 aliphatic carbocycles. The van der Waals surface area contributed by atoms with Crippen LogP contribution in [0.2, 0.25) is 0 Å². The van der Waals surface area contributed by atoms with E-state index in [2.05, 4.69) is 58.9 Å². The molecule has 2 aromatic carbocycles. The van der Waals surface area contributed by atoms with Crippen LogP contribution in [0.15, 0.2) is 30.3 Å². The van der Waals surface area contributed by atoms with E-state index in [1.807, 2.05) is 13.0 Å². The molecule has 1 aliphatic rings. The number of hydrogen-bond acceptors (Lipinski definition) is 3. The molecule has 0 fully saturated rings. The van der Waals surface area contributed by atoms with Crippen molar-refractivity contribution in [3.8, 4) is 11.5 Å². The van der Waals surface area contributed by atoms with Crippen LogP contribution in [0, 0.1) is 19.8 Å². The van der Waals surface area contributed by atoms with E-state index in [-0.39, 0.29) is 16.8 Å². The SMILES string of the molecule is COc1ccc2c(c1C)C(C)(c1ccc(OC(C)=O)c(C)c1)C(C)C2(C)C. The molecule has 0 saturated heterocycles. The summed E-state index contributed by atoms with van der Waals surface area (Å²) in [5.41, 5.74) is 6.06. The molecule has 3 heteroatoms. The van der Waals surface area contributed by atoms with Crippen LogP contribution in [-0.2, 0) is 15.6 Å². The van der Waals surface area contributed by atoms with E-state index in [1.54, 1.807) is 7.11 Å². The monoisotopic (exact) mass is 366 g/mol. The largest absolute Gasteiger partial charge is 0.496 e. The molecular weight excluding hydrogens is 336 g/mol. The minimum absolute atomic E-state index is 0.0452. The molecule has 0 aliphatic heterocycles. The lowest BCUT2D eigenvalue weighted by atomic mass is 9.66. The Balaban J connectivity index is 2.24. The number of fused-ring (bicyclic) bond motifs is 1. The summed E-state index contributed by atoms with van der Waals surface area (Å²) in [6, 6.07) is 10.5. The van der Waals surface area contributed by atoms with Gasteiger partial charge in [-0.25, -0.2) is 0 Å². The molecule has 144 valence electrons. The Morgan fingerprint density at radius 3 is 2.22 bits per heavy atom. The smallest absolute Gasteiger partial charge is 0.308 e. The van der Waals surface area contributed by atoms with E-state index in [0.717, 1.165) is 11.3 Å². The first-order chi connectivity index (χ1) is 12.5. The van der Waals surface area contributed by atoms with Crippen molar-refractivity contribution < 1.29 is 14.3 Å². The molecule has 2 unspecified atom stereocenters. The van der Waals surface area contributed by atoms with Gasteiger partial charge >= 0.3 is 5.97 Å². The maximum atomic E-state index is 11.3. The number of benzene rings is 2. The quantitative estimate of drug-likeness (QED) is 0.534. The van der Waals surface area contributed by atoms with Crippen LogP contribution in [-0.4, -0.2) is 13.1 Å². The van der Waals surface area contributed by atoms with Gasteiger partial charge in [-0.2, -0.15) is 0 Å². The zero-order valence-corrected chi connectivity index (χ0v) is 17.7. The Labute approximate surface area is 162 Å². The van der Waals surface area contributed by atoms with Crippen LogP contribution >= 0.6 is 0 Å². The van der Waals surface area contributed by atoms with E-state index >= 15 is 0 Å². The van der Waals surface area contributed by atoms with Crippen LogP contribution in [0.25, 0.3) is 0 Å². The van der Waals surface area contributed by atoms with Crippen molar-refractivity contribution in [3.05, 3.63) is 58.1 Å². The third kappa shape index (κ3) is 2.75. The van der Waals surface area contributed by atoms with Crippen molar-refractivity contribution in [2.45, 2.75) is 59.3 Å². The lowest BCUT2D eigenvalue weighted by Crippen LogP contribution is -2.34. The second-order valence-electron chi connectivity index (χ2n) is 8.54. The Bertz CT molecular complexity index is 910. The summed E-state index contributed by atoms with van der Waals surface area (Å²) >= 11 is 0. The zero-order chi connectivity index (χ0) is 20.1. The minimum atomic E-state index is -0.293. The number of carbonyl (C=O) groups excluding carboxylic acids is 1. The van der Waals surface area contributed by atoms with E-state index in [9.17, 15) is 4.79 Å². The molecule has 0 N–H and O–H groups in total. The molecule has 2 aromatic rings. The molecule has 0 bridgehead atoms. The first kappa shape index (κ1) is 19.5. The van der Waals surface area contributed by atoms with Crippen molar-refractivity contribution in [2.24, 2.45) is 5.92 Å². The first-order valence-corrected chi connectivity index (χ1v) is 9.53. The van der Waals surface area contributed by atoms with Crippen LogP contribution in [0.1, 0.15) is 62.4 Å². The molecule has 0 heterocycles. The maximum Gasteiger partial charge on any atom is 0.308 e. The minimum Gasteiger partial charge on any atom is -0.496 e. The Kier molecular flexibility index (Phi) is 4.62. The van der Waals surface area contributed by atoms with Crippen molar-refractivity contribution in [3.63, 3.8) is 0 Å². The normalized spacial score (nSPS) is 23.0. The van der Waals surface area contributed by atoms with Crippen LogP contribution < -0.4 is 9.47 Å². The predicted octanol–water partition coefficient (Wildman–Crippen LogP) is 5.47. The zero-order valence-electron chi connectivity index (χ0n) is 17.7. The topological polar surface area (TPSA) is 35.5 Å². The molecule has 0 saturated carbocycles. The highest BCUT2D eigenvalue weighted by Crippen LogP contribution is 2.58. The maximum absolute atomic E-state index is 11.3. The van der Waals surface area contributed by atoms with Crippen molar-refractivity contribution in [2.75, 3.05) is 7.11 Å². The van der Waals surface area contributed by atoms with Crippen LogP contribution in [0.4, 0.5) is 0 Å². The molecule has 3 rings (SSSR count). The highest BCUT2D eigenvalue weighted by Gasteiger charge is 2.53. The average Bonchev–Trinajstić information content (AvgIpc) is 2.76. The van der Waals surface area contributed by atoms with Gasteiger partial charge in [0.15, 0.2) is 0 Å². The summed E-state index contributed by atoms with van der Waals surface area (Å²) in [5.74, 6) is 1.66. The standard InChI is InChI=1S/C24H30O3/c1-14-13-18(9-11-20(14)27-17(4)25)24(7)16(3)23(5,6)19-10-12-21(26-8)15(2)22(19)24/h9-13,16H,1-8H3.